The van der Waals surface area contributed by atoms with Crippen molar-refractivity contribution < 1.29 is 14.3 Å². The van der Waals surface area contributed by atoms with Crippen LogP contribution in [-0.4, -0.2) is 60.6 Å². The number of aryl methyl sites for hydroxylation is 2. The molecule has 2 aliphatic heterocycles. The topological polar surface area (TPSA) is 70.7 Å². The molecule has 2 fully saturated rings. The van der Waals surface area contributed by atoms with Gasteiger partial charge in [-0.05, 0) is 49.4 Å². The molecule has 2 saturated heterocycles. The number of hydrogen-bond donors (Lipinski definition) is 2. The van der Waals surface area contributed by atoms with Crippen molar-refractivity contribution in [2.24, 2.45) is 5.92 Å². The summed E-state index contributed by atoms with van der Waals surface area (Å²) in [5.74, 6) is 2.88. The van der Waals surface area contributed by atoms with Crippen LogP contribution in [0.15, 0.2) is 18.2 Å². The molecule has 1 aromatic carbocycles. The van der Waals surface area contributed by atoms with Gasteiger partial charge in [0.05, 0.1) is 11.9 Å². The summed E-state index contributed by atoms with van der Waals surface area (Å²) in [6.07, 6.45) is 0.776. The second kappa shape index (κ2) is 8.77. The van der Waals surface area contributed by atoms with Crippen LogP contribution in [0.4, 0.5) is 0 Å². The average Bonchev–Trinajstić information content (AvgIpc) is 3.32. The summed E-state index contributed by atoms with van der Waals surface area (Å²) in [6, 6.07) is 5.70. The number of carbonyl (C=O) groups is 2. The lowest BCUT2D eigenvalue weighted by Gasteiger charge is -2.19. The smallest absolute Gasteiger partial charge is 0.257 e. The number of rotatable bonds is 6. The predicted octanol–water partition coefficient (Wildman–Crippen LogP) is 1.31. The van der Waals surface area contributed by atoms with Gasteiger partial charge in [-0.2, -0.15) is 0 Å². The van der Waals surface area contributed by atoms with Crippen LogP contribution in [-0.2, 0) is 9.59 Å². The fourth-order valence-corrected chi connectivity index (χ4v) is 4.18. The Kier molecular flexibility index (Phi) is 6.43. The van der Waals surface area contributed by atoms with Crippen LogP contribution in [0, 0.1) is 19.8 Å². The molecule has 3 rings (SSSR count). The van der Waals surface area contributed by atoms with Crippen LogP contribution < -0.4 is 15.4 Å². The highest BCUT2D eigenvalue weighted by Crippen LogP contribution is 2.20. The van der Waals surface area contributed by atoms with Gasteiger partial charge in [0, 0.05) is 25.4 Å². The van der Waals surface area contributed by atoms with Crippen molar-refractivity contribution >= 4 is 23.6 Å². The Morgan fingerprint density at radius 3 is 2.92 bits per heavy atom. The van der Waals surface area contributed by atoms with Crippen molar-refractivity contribution in [3.8, 4) is 5.75 Å². The second-order valence-electron chi connectivity index (χ2n) is 7.04. The fraction of sp³-hybridized carbons (Fsp3) is 0.579. The van der Waals surface area contributed by atoms with Crippen molar-refractivity contribution in [3.63, 3.8) is 0 Å². The molecule has 2 aliphatic rings. The molecule has 26 heavy (non-hydrogen) atoms. The molecule has 1 aromatic rings. The molecule has 2 N–H and O–H groups in total. The maximum Gasteiger partial charge on any atom is 0.257 e. The number of nitrogens with one attached hydrogen (secondary N) is 2. The number of carbonyl (C=O) groups excluding carboxylic acids is 2. The van der Waals surface area contributed by atoms with E-state index in [2.05, 4.69) is 10.6 Å². The van der Waals surface area contributed by atoms with Crippen LogP contribution in [0.1, 0.15) is 17.5 Å². The van der Waals surface area contributed by atoms with E-state index in [4.69, 9.17) is 4.74 Å². The molecule has 0 spiro atoms. The Morgan fingerprint density at radius 1 is 1.35 bits per heavy atom. The van der Waals surface area contributed by atoms with Crippen molar-refractivity contribution in [2.75, 3.05) is 37.9 Å². The molecular weight excluding hydrogens is 350 g/mol. The number of ether oxygens (including phenoxy) is 1. The third-order valence-corrected chi connectivity index (χ3v) is 5.99. The van der Waals surface area contributed by atoms with Crippen LogP contribution >= 0.6 is 11.8 Å². The highest BCUT2D eigenvalue weighted by molar-refractivity contribution is 7.99. The first-order valence-corrected chi connectivity index (χ1v) is 10.2. The molecule has 142 valence electrons. The minimum absolute atomic E-state index is 0.00993. The minimum atomic E-state index is -0.131. The van der Waals surface area contributed by atoms with Gasteiger partial charge in [-0.15, -0.1) is 11.8 Å². The van der Waals surface area contributed by atoms with Crippen molar-refractivity contribution in [1.82, 2.24) is 15.5 Å². The third-order valence-electron chi connectivity index (χ3n) is 5.02. The monoisotopic (exact) mass is 377 g/mol. The van der Waals surface area contributed by atoms with Crippen molar-refractivity contribution in [2.45, 2.75) is 26.3 Å². The summed E-state index contributed by atoms with van der Waals surface area (Å²) >= 11 is 1.80. The van der Waals surface area contributed by atoms with E-state index < -0.39 is 0 Å². The van der Waals surface area contributed by atoms with Gasteiger partial charge in [-0.3, -0.25) is 9.59 Å². The highest BCUT2D eigenvalue weighted by atomic mass is 32.2. The summed E-state index contributed by atoms with van der Waals surface area (Å²) in [4.78, 5) is 26.3. The molecule has 0 unspecified atom stereocenters. The van der Waals surface area contributed by atoms with E-state index in [0.29, 0.717) is 12.3 Å². The van der Waals surface area contributed by atoms with Gasteiger partial charge in [0.1, 0.15) is 5.75 Å². The van der Waals surface area contributed by atoms with Gasteiger partial charge >= 0.3 is 0 Å². The van der Waals surface area contributed by atoms with E-state index in [1.807, 2.05) is 36.9 Å². The third kappa shape index (κ3) is 4.92. The molecule has 0 bridgehead atoms. The maximum atomic E-state index is 12.4. The Balaban J connectivity index is 1.36. The lowest BCUT2D eigenvalue weighted by molar-refractivity contribution is -0.131. The van der Waals surface area contributed by atoms with Crippen LogP contribution in [0.3, 0.4) is 0 Å². The Morgan fingerprint density at radius 2 is 2.19 bits per heavy atom. The van der Waals surface area contributed by atoms with Gasteiger partial charge in [-0.25, -0.2) is 0 Å². The Bertz CT molecular complexity index is 661. The molecule has 2 heterocycles. The van der Waals surface area contributed by atoms with Crippen LogP contribution in [0.5, 0.6) is 5.75 Å². The number of nitrogens with zero attached hydrogens (tertiary/aromatic N) is 1. The number of hydrogen-bond acceptors (Lipinski definition) is 5. The number of amides is 2. The first kappa shape index (κ1) is 19.0. The average molecular weight is 378 g/mol. The van der Waals surface area contributed by atoms with Crippen molar-refractivity contribution in [1.29, 1.82) is 0 Å². The zero-order valence-electron chi connectivity index (χ0n) is 15.4. The highest BCUT2D eigenvalue weighted by Gasteiger charge is 2.33. The van der Waals surface area contributed by atoms with E-state index in [1.165, 1.54) is 5.56 Å². The lowest BCUT2D eigenvalue weighted by atomic mass is 10.1. The zero-order chi connectivity index (χ0) is 18.5. The molecule has 2 atom stereocenters. The fourth-order valence-electron chi connectivity index (χ4n) is 3.22. The van der Waals surface area contributed by atoms with E-state index >= 15 is 0 Å². The summed E-state index contributed by atoms with van der Waals surface area (Å²) < 4.78 is 5.55. The van der Waals surface area contributed by atoms with Crippen LogP contribution in [0.25, 0.3) is 0 Å². The largest absolute Gasteiger partial charge is 0.484 e. The van der Waals surface area contributed by atoms with Gasteiger partial charge in [0.2, 0.25) is 5.91 Å². The molecule has 0 radical (unpaired) electrons. The first-order chi connectivity index (χ1) is 12.5. The molecule has 2 amide bonds. The number of benzene rings is 1. The number of thioether (sulfide) groups is 1. The lowest BCUT2D eigenvalue weighted by Crippen LogP contribution is -2.42. The zero-order valence-corrected chi connectivity index (χ0v) is 16.2. The molecule has 0 aliphatic carbocycles. The van der Waals surface area contributed by atoms with Gasteiger partial charge in [0.15, 0.2) is 6.61 Å². The predicted molar refractivity (Wildman–Crippen MR) is 103 cm³/mol. The van der Waals surface area contributed by atoms with Crippen LogP contribution in [0.2, 0.25) is 0 Å². The molecule has 0 saturated carbocycles. The summed E-state index contributed by atoms with van der Waals surface area (Å²) in [7, 11) is 0. The normalized spacial score (nSPS) is 22.5. The first-order valence-electron chi connectivity index (χ1n) is 9.09. The van der Waals surface area contributed by atoms with Gasteiger partial charge in [0.25, 0.3) is 5.91 Å². The van der Waals surface area contributed by atoms with Crippen molar-refractivity contribution in [3.05, 3.63) is 29.3 Å². The Labute approximate surface area is 159 Å². The molecule has 0 aromatic heterocycles. The summed E-state index contributed by atoms with van der Waals surface area (Å²) in [6.45, 7) is 6.25. The van der Waals surface area contributed by atoms with E-state index in [-0.39, 0.29) is 30.4 Å². The van der Waals surface area contributed by atoms with Gasteiger partial charge < -0.3 is 20.3 Å². The summed E-state index contributed by atoms with van der Waals surface area (Å²) in [5.41, 5.74) is 2.35. The van der Waals surface area contributed by atoms with E-state index in [9.17, 15) is 9.59 Å². The summed E-state index contributed by atoms with van der Waals surface area (Å²) in [5, 5.41) is 6.21. The maximum absolute atomic E-state index is 12.4. The standard InChI is InChI=1S/C19H27N3O3S/c1-13-3-4-16(7-14(13)2)25-11-18(23)21-10-15-8-17(20-9-15)19(24)22-5-6-26-12-22/h3-4,7,15,17,20H,5-6,8-12H2,1-2H3,(H,21,23)/t15-,17-/m0/s1. The second-order valence-corrected chi connectivity index (χ2v) is 8.12. The minimum Gasteiger partial charge on any atom is -0.484 e. The molecule has 6 nitrogen and oxygen atoms in total. The molecule has 7 heteroatoms. The van der Waals surface area contributed by atoms with Gasteiger partial charge in [-0.1, -0.05) is 6.07 Å². The van der Waals surface area contributed by atoms with E-state index in [0.717, 1.165) is 36.7 Å². The quantitative estimate of drug-likeness (QED) is 0.782. The Hall–Kier alpha value is -1.73. The molecular formula is C19H27N3O3S. The van der Waals surface area contributed by atoms with E-state index in [1.54, 1.807) is 11.8 Å². The SMILES string of the molecule is Cc1ccc(OCC(=O)NC[C@@H]2CN[C@H](C(=O)N3CCSC3)C2)cc1C.